The Morgan fingerprint density at radius 1 is 1.69 bits per heavy atom. The molecule has 1 aromatic heterocycles. The van der Waals surface area contributed by atoms with Crippen LogP contribution in [0.5, 0.6) is 0 Å². The fraction of sp³-hybridized carbons (Fsp3) is 0.667. The average Bonchev–Trinajstić information content (AvgIpc) is 2.64. The van der Waals surface area contributed by atoms with Crippen molar-refractivity contribution in [3.05, 3.63) is 5.82 Å². The smallest absolute Gasteiger partial charge is 0.328 e. The van der Waals surface area contributed by atoms with Crippen molar-refractivity contribution in [2.45, 2.75) is 25.8 Å². The van der Waals surface area contributed by atoms with Crippen LogP contribution in [0, 0.1) is 6.92 Å². The molecule has 0 saturated carbocycles. The first-order valence-corrected chi connectivity index (χ1v) is 4.99. The molecule has 90 valence electrons. The summed E-state index contributed by atoms with van der Waals surface area (Å²) in [5.41, 5.74) is 5.66. The number of ether oxygens (including phenoxy) is 1. The summed E-state index contributed by atoms with van der Waals surface area (Å²) in [6.45, 7) is 2.25. The number of nitrogens with one attached hydrogen (secondary N) is 1. The highest BCUT2D eigenvalue weighted by molar-refractivity contribution is 5.92. The highest BCUT2D eigenvalue weighted by atomic mass is 16.5. The van der Waals surface area contributed by atoms with Gasteiger partial charge in [0.25, 0.3) is 0 Å². The van der Waals surface area contributed by atoms with E-state index in [4.69, 9.17) is 15.0 Å². The number of carbonyl (C=O) groups excluding carboxylic acids is 1. The first-order chi connectivity index (χ1) is 7.63. The van der Waals surface area contributed by atoms with E-state index in [9.17, 15) is 4.79 Å². The molecule has 1 atom stereocenters. The standard InChI is InChI=1S/C9H16N4O3/c1-6-11-9(16-13-6)12-8(14)7(10)4-3-5-15-2/h7H,3-5,10H2,1-2H3,(H,11,12,13,14). The SMILES string of the molecule is COCCCC(N)C(=O)Nc1nc(C)no1. The molecule has 3 N–H and O–H groups in total. The van der Waals surface area contributed by atoms with Crippen molar-refractivity contribution in [3.8, 4) is 0 Å². The van der Waals surface area contributed by atoms with E-state index in [1.165, 1.54) is 0 Å². The third-order valence-electron chi connectivity index (χ3n) is 1.96. The summed E-state index contributed by atoms with van der Waals surface area (Å²) in [5, 5.41) is 5.99. The molecule has 0 aliphatic rings. The fourth-order valence-corrected chi connectivity index (χ4v) is 1.12. The van der Waals surface area contributed by atoms with E-state index in [1.807, 2.05) is 0 Å². The average molecular weight is 228 g/mol. The summed E-state index contributed by atoms with van der Waals surface area (Å²) in [6.07, 6.45) is 1.28. The van der Waals surface area contributed by atoms with Crippen LogP contribution >= 0.6 is 0 Å². The number of aromatic nitrogens is 2. The molecule has 0 fully saturated rings. The number of methoxy groups -OCH3 is 1. The van der Waals surface area contributed by atoms with Gasteiger partial charge in [0.1, 0.15) is 0 Å². The minimum absolute atomic E-state index is 0.0738. The van der Waals surface area contributed by atoms with Crippen molar-refractivity contribution in [2.75, 3.05) is 19.0 Å². The second-order valence-corrected chi connectivity index (χ2v) is 3.38. The van der Waals surface area contributed by atoms with E-state index in [1.54, 1.807) is 14.0 Å². The zero-order valence-corrected chi connectivity index (χ0v) is 9.40. The predicted molar refractivity (Wildman–Crippen MR) is 56.8 cm³/mol. The van der Waals surface area contributed by atoms with Crippen LogP contribution in [0.15, 0.2) is 4.52 Å². The van der Waals surface area contributed by atoms with Crippen molar-refractivity contribution < 1.29 is 14.1 Å². The molecule has 0 aliphatic carbocycles. The van der Waals surface area contributed by atoms with Crippen LogP contribution < -0.4 is 11.1 Å². The lowest BCUT2D eigenvalue weighted by atomic mass is 10.1. The highest BCUT2D eigenvalue weighted by Gasteiger charge is 2.15. The number of nitrogens with two attached hydrogens (primary N) is 1. The summed E-state index contributed by atoms with van der Waals surface area (Å²) in [7, 11) is 1.60. The maximum atomic E-state index is 11.5. The number of nitrogens with zero attached hydrogens (tertiary/aromatic N) is 2. The molecule has 1 amide bonds. The van der Waals surface area contributed by atoms with Crippen LogP contribution in [-0.2, 0) is 9.53 Å². The zero-order chi connectivity index (χ0) is 12.0. The van der Waals surface area contributed by atoms with Gasteiger partial charge in [-0.3, -0.25) is 10.1 Å². The summed E-state index contributed by atoms with van der Waals surface area (Å²) < 4.78 is 9.60. The Labute approximate surface area is 93.3 Å². The van der Waals surface area contributed by atoms with Crippen molar-refractivity contribution in [1.29, 1.82) is 0 Å². The third kappa shape index (κ3) is 3.95. The van der Waals surface area contributed by atoms with Gasteiger partial charge in [-0.15, -0.1) is 0 Å². The van der Waals surface area contributed by atoms with Gasteiger partial charge in [-0.2, -0.15) is 4.98 Å². The second-order valence-electron chi connectivity index (χ2n) is 3.38. The molecule has 0 saturated heterocycles. The lowest BCUT2D eigenvalue weighted by molar-refractivity contribution is -0.117. The maximum absolute atomic E-state index is 11.5. The molecule has 1 rings (SSSR count). The topological polar surface area (TPSA) is 103 Å². The zero-order valence-electron chi connectivity index (χ0n) is 9.40. The van der Waals surface area contributed by atoms with E-state index in [2.05, 4.69) is 15.5 Å². The van der Waals surface area contributed by atoms with Crippen LogP contribution in [-0.4, -0.2) is 35.8 Å². The number of aryl methyl sites for hydroxylation is 1. The number of hydrogen-bond acceptors (Lipinski definition) is 6. The minimum Gasteiger partial charge on any atom is -0.385 e. The molecule has 0 aliphatic heterocycles. The molecule has 0 spiro atoms. The van der Waals surface area contributed by atoms with E-state index in [0.29, 0.717) is 18.9 Å². The van der Waals surface area contributed by atoms with Gasteiger partial charge in [0.15, 0.2) is 5.82 Å². The van der Waals surface area contributed by atoms with Crippen molar-refractivity contribution in [2.24, 2.45) is 5.73 Å². The summed E-state index contributed by atoms with van der Waals surface area (Å²) in [5.74, 6) is 0.128. The van der Waals surface area contributed by atoms with Crippen molar-refractivity contribution in [1.82, 2.24) is 10.1 Å². The highest BCUT2D eigenvalue weighted by Crippen LogP contribution is 2.04. The lowest BCUT2D eigenvalue weighted by Gasteiger charge is -2.09. The van der Waals surface area contributed by atoms with Crippen molar-refractivity contribution >= 4 is 11.9 Å². The Bertz CT molecular complexity index is 339. The van der Waals surface area contributed by atoms with Gasteiger partial charge in [-0.1, -0.05) is 5.16 Å². The molecule has 7 nitrogen and oxygen atoms in total. The minimum atomic E-state index is -0.595. The lowest BCUT2D eigenvalue weighted by Crippen LogP contribution is -2.35. The Kier molecular flexibility index (Phi) is 4.87. The first kappa shape index (κ1) is 12.6. The summed E-state index contributed by atoms with van der Waals surface area (Å²) >= 11 is 0. The number of anilines is 1. The second kappa shape index (κ2) is 6.19. The predicted octanol–water partition coefficient (Wildman–Crippen LogP) is 0.0704. The van der Waals surface area contributed by atoms with Gasteiger partial charge in [0, 0.05) is 13.7 Å². The quantitative estimate of drug-likeness (QED) is 0.668. The molecule has 0 bridgehead atoms. The van der Waals surface area contributed by atoms with Crippen LogP contribution in [0.1, 0.15) is 18.7 Å². The Balaban J connectivity index is 2.34. The molecule has 0 aromatic carbocycles. The first-order valence-electron chi connectivity index (χ1n) is 4.99. The molecular formula is C9H16N4O3. The van der Waals surface area contributed by atoms with Crippen LogP contribution in [0.3, 0.4) is 0 Å². The Hall–Kier alpha value is -1.47. The van der Waals surface area contributed by atoms with E-state index in [0.717, 1.165) is 6.42 Å². The Morgan fingerprint density at radius 3 is 3.00 bits per heavy atom. The fourth-order valence-electron chi connectivity index (χ4n) is 1.12. The molecular weight excluding hydrogens is 212 g/mol. The van der Waals surface area contributed by atoms with Crippen LogP contribution in [0.2, 0.25) is 0 Å². The molecule has 1 heterocycles. The molecule has 1 aromatic rings. The van der Waals surface area contributed by atoms with E-state index >= 15 is 0 Å². The van der Waals surface area contributed by atoms with Gasteiger partial charge < -0.3 is 15.0 Å². The summed E-state index contributed by atoms with van der Waals surface area (Å²) in [6, 6.07) is -0.521. The normalized spacial score (nSPS) is 12.4. The van der Waals surface area contributed by atoms with Gasteiger partial charge in [0.2, 0.25) is 5.91 Å². The van der Waals surface area contributed by atoms with Crippen LogP contribution in [0.25, 0.3) is 0 Å². The molecule has 0 radical (unpaired) electrons. The van der Waals surface area contributed by atoms with Crippen LogP contribution in [0.4, 0.5) is 6.01 Å². The Morgan fingerprint density at radius 2 is 2.44 bits per heavy atom. The summed E-state index contributed by atoms with van der Waals surface area (Å²) in [4.78, 5) is 15.4. The van der Waals surface area contributed by atoms with Crippen molar-refractivity contribution in [3.63, 3.8) is 0 Å². The third-order valence-corrected chi connectivity index (χ3v) is 1.96. The monoisotopic (exact) mass is 228 g/mol. The van der Waals surface area contributed by atoms with E-state index < -0.39 is 6.04 Å². The molecule has 1 unspecified atom stereocenters. The largest absolute Gasteiger partial charge is 0.385 e. The number of hydrogen-bond donors (Lipinski definition) is 2. The van der Waals surface area contributed by atoms with Gasteiger partial charge in [0.05, 0.1) is 6.04 Å². The van der Waals surface area contributed by atoms with Gasteiger partial charge in [-0.05, 0) is 19.8 Å². The van der Waals surface area contributed by atoms with E-state index in [-0.39, 0.29) is 11.9 Å². The number of carbonyl (C=O) groups is 1. The maximum Gasteiger partial charge on any atom is 0.328 e. The number of amides is 1. The number of rotatable bonds is 6. The van der Waals surface area contributed by atoms with Gasteiger partial charge in [-0.25, -0.2) is 0 Å². The molecule has 16 heavy (non-hydrogen) atoms. The molecule has 7 heteroatoms. The van der Waals surface area contributed by atoms with Gasteiger partial charge >= 0.3 is 6.01 Å².